The van der Waals surface area contributed by atoms with E-state index in [1.807, 2.05) is 20.8 Å². The van der Waals surface area contributed by atoms with Crippen molar-refractivity contribution in [1.82, 2.24) is 19.8 Å². The Bertz CT molecular complexity index is 1050. The minimum absolute atomic E-state index is 0.182. The van der Waals surface area contributed by atoms with Crippen molar-refractivity contribution in [3.8, 4) is 0 Å². The maximum atomic E-state index is 15.2. The zero-order valence-electron chi connectivity index (χ0n) is 19.5. The van der Waals surface area contributed by atoms with Gasteiger partial charge in [-0.25, -0.2) is 19.2 Å². The predicted molar refractivity (Wildman–Crippen MR) is 132 cm³/mol. The van der Waals surface area contributed by atoms with Gasteiger partial charge in [0.1, 0.15) is 22.8 Å². The second kappa shape index (κ2) is 9.50. The average molecular weight is 543 g/mol. The van der Waals surface area contributed by atoms with E-state index in [9.17, 15) is 4.79 Å². The van der Waals surface area contributed by atoms with E-state index in [1.54, 1.807) is 11.0 Å². The molecule has 7 nitrogen and oxygen atoms in total. The Morgan fingerprint density at radius 2 is 1.79 bits per heavy atom. The molecule has 33 heavy (non-hydrogen) atoms. The van der Waals surface area contributed by atoms with Crippen LogP contribution in [0.5, 0.6) is 0 Å². The van der Waals surface area contributed by atoms with Gasteiger partial charge in [0, 0.05) is 37.5 Å². The van der Waals surface area contributed by atoms with Crippen molar-refractivity contribution in [3.63, 3.8) is 0 Å². The van der Waals surface area contributed by atoms with E-state index in [2.05, 4.69) is 37.8 Å². The van der Waals surface area contributed by atoms with Gasteiger partial charge in [-0.15, -0.1) is 0 Å². The largest absolute Gasteiger partial charge is 0.444 e. The van der Waals surface area contributed by atoms with E-state index in [1.165, 1.54) is 0 Å². The number of hydrogen-bond donors (Lipinski definition) is 0. The first-order chi connectivity index (χ1) is 15.5. The summed E-state index contributed by atoms with van der Waals surface area (Å²) in [6, 6.07) is 1.72. The van der Waals surface area contributed by atoms with Crippen molar-refractivity contribution in [2.45, 2.75) is 45.1 Å². The molecule has 2 fully saturated rings. The fourth-order valence-corrected chi connectivity index (χ4v) is 4.79. The highest BCUT2D eigenvalue weighted by Gasteiger charge is 2.29. The number of carbonyl (C=O) groups excluding carboxylic acids is 1. The highest BCUT2D eigenvalue weighted by atomic mass is 79.9. The van der Waals surface area contributed by atoms with Crippen LogP contribution in [0, 0.1) is 5.82 Å². The zero-order valence-corrected chi connectivity index (χ0v) is 21.8. The Kier molecular flexibility index (Phi) is 7.03. The summed E-state index contributed by atoms with van der Waals surface area (Å²) >= 11 is 9.55. The molecule has 2 aliphatic rings. The van der Waals surface area contributed by atoms with Crippen molar-refractivity contribution < 1.29 is 13.9 Å². The van der Waals surface area contributed by atoms with Gasteiger partial charge in [-0.3, -0.25) is 0 Å². The molecule has 1 aromatic carbocycles. The van der Waals surface area contributed by atoms with Crippen LogP contribution in [-0.4, -0.2) is 77.8 Å². The van der Waals surface area contributed by atoms with Crippen LogP contribution < -0.4 is 4.90 Å². The van der Waals surface area contributed by atoms with Crippen LogP contribution in [0.2, 0.25) is 5.02 Å². The summed E-state index contributed by atoms with van der Waals surface area (Å²) in [4.78, 5) is 28.1. The molecule has 0 saturated carbocycles. The third kappa shape index (κ3) is 5.35. The molecule has 2 aliphatic heterocycles. The fraction of sp³-hybridized carbons (Fsp3) is 0.609. The van der Waals surface area contributed by atoms with Gasteiger partial charge in [0.05, 0.1) is 9.50 Å². The summed E-state index contributed by atoms with van der Waals surface area (Å²) in [6.45, 7) is 9.61. The number of halogens is 3. The molecule has 1 amide bonds. The van der Waals surface area contributed by atoms with Gasteiger partial charge in [-0.1, -0.05) is 11.6 Å². The van der Waals surface area contributed by atoms with Gasteiger partial charge in [0.15, 0.2) is 5.82 Å². The lowest BCUT2D eigenvalue weighted by Gasteiger charge is -2.37. The number of benzene rings is 1. The van der Waals surface area contributed by atoms with Crippen LogP contribution >= 0.6 is 27.5 Å². The minimum atomic E-state index is -0.540. The summed E-state index contributed by atoms with van der Waals surface area (Å²) < 4.78 is 20.9. The van der Waals surface area contributed by atoms with E-state index in [0.717, 1.165) is 25.9 Å². The molecule has 180 valence electrons. The van der Waals surface area contributed by atoms with Crippen LogP contribution in [0.3, 0.4) is 0 Å². The lowest BCUT2D eigenvalue weighted by atomic mass is 9.96. The molecule has 1 aromatic heterocycles. The quantitative estimate of drug-likeness (QED) is 0.495. The van der Waals surface area contributed by atoms with Gasteiger partial charge >= 0.3 is 6.09 Å². The van der Waals surface area contributed by atoms with Crippen molar-refractivity contribution in [3.05, 3.63) is 27.2 Å². The summed E-state index contributed by atoms with van der Waals surface area (Å²) in [5.41, 5.74) is -0.262. The third-order valence-corrected chi connectivity index (χ3v) is 7.44. The van der Waals surface area contributed by atoms with Gasteiger partial charge in [0.25, 0.3) is 0 Å². The number of likely N-dealkylation sites (tertiary alicyclic amines) is 1. The van der Waals surface area contributed by atoms with Crippen LogP contribution in [0.1, 0.15) is 45.4 Å². The van der Waals surface area contributed by atoms with E-state index < -0.39 is 11.4 Å². The predicted octanol–water partition coefficient (Wildman–Crippen LogP) is 5.05. The van der Waals surface area contributed by atoms with E-state index in [4.69, 9.17) is 21.3 Å². The molecule has 10 heteroatoms. The smallest absolute Gasteiger partial charge is 0.410 e. The lowest BCUT2D eigenvalue weighted by Crippen LogP contribution is -2.50. The van der Waals surface area contributed by atoms with Gasteiger partial charge < -0.3 is 19.4 Å². The number of nitrogens with zero attached hydrogens (tertiary/aromatic N) is 5. The number of amides is 1. The molecule has 0 atom stereocenters. The first kappa shape index (κ1) is 24.4. The van der Waals surface area contributed by atoms with Gasteiger partial charge in [0.2, 0.25) is 0 Å². The molecule has 0 radical (unpaired) electrons. The first-order valence-electron chi connectivity index (χ1n) is 11.3. The Labute approximate surface area is 207 Å². The minimum Gasteiger partial charge on any atom is -0.444 e. The number of fused-ring (bicyclic) bond motifs is 1. The van der Waals surface area contributed by atoms with Crippen molar-refractivity contribution >= 4 is 50.3 Å². The van der Waals surface area contributed by atoms with Crippen molar-refractivity contribution in [2.75, 3.05) is 51.2 Å². The Morgan fingerprint density at radius 1 is 1.15 bits per heavy atom. The molecule has 0 spiro atoms. The van der Waals surface area contributed by atoms with Crippen LogP contribution in [-0.2, 0) is 4.74 Å². The number of piperidine rings is 1. The monoisotopic (exact) mass is 541 g/mol. The number of rotatable bonds is 2. The molecule has 4 rings (SSSR count). The van der Waals surface area contributed by atoms with E-state index in [0.29, 0.717) is 43.2 Å². The molecule has 2 saturated heterocycles. The topological polar surface area (TPSA) is 61.8 Å². The number of carbonyl (C=O) groups is 1. The fourth-order valence-electron chi connectivity index (χ4n) is 4.29. The summed E-state index contributed by atoms with van der Waals surface area (Å²) in [5, 5.41) is 0.868. The van der Waals surface area contributed by atoms with E-state index in [-0.39, 0.29) is 27.0 Å². The summed E-state index contributed by atoms with van der Waals surface area (Å²) in [5.74, 6) is 1.06. The van der Waals surface area contributed by atoms with Crippen LogP contribution in [0.15, 0.2) is 10.5 Å². The van der Waals surface area contributed by atoms with Crippen LogP contribution in [0.4, 0.5) is 15.0 Å². The Hall–Kier alpha value is -1.71. The summed E-state index contributed by atoms with van der Waals surface area (Å²) in [6.07, 6.45) is 1.55. The number of anilines is 1. The zero-order chi connectivity index (χ0) is 23.9. The standard InChI is InChI=1S/C23H30BrClFN5O2/c1-23(2,3)33-22(32)31-11-9-30(10-12-31)21-15-13-16(25)17(24)18(26)19(15)27-20(28-21)14-5-7-29(4)8-6-14/h13-14H,5-12H2,1-4H3. The molecule has 0 bridgehead atoms. The number of hydrogen-bond acceptors (Lipinski definition) is 6. The number of aromatic nitrogens is 2. The van der Waals surface area contributed by atoms with Gasteiger partial charge in [-0.2, -0.15) is 0 Å². The second-order valence-electron chi connectivity index (χ2n) is 9.82. The highest BCUT2D eigenvalue weighted by Crippen LogP contribution is 2.37. The number of piperazine rings is 1. The Balaban J connectivity index is 1.66. The molecule has 0 unspecified atom stereocenters. The normalized spacial score (nSPS) is 18.8. The highest BCUT2D eigenvalue weighted by molar-refractivity contribution is 9.10. The molecular weight excluding hydrogens is 513 g/mol. The second-order valence-corrected chi connectivity index (χ2v) is 11.0. The molecule has 0 aliphatic carbocycles. The number of ether oxygens (including phenoxy) is 1. The van der Waals surface area contributed by atoms with Crippen molar-refractivity contribution in [2.24, 2.45) is 0 Å². The van der Waals surface area contributed by atoms with Gasteiger partial charge in [-0.05, 0) is 75.7 Å². The van der Waals surface area contributed by atoms with Crippen LogP contribution in [0.25, 0.3) is 10.9 Å². The lowest BCUT2D eigenvalue weighted by molar-refractivity contribution is 0.0240. The third-order valence-electron chi connectivity index (χ3n) is 6.14. The SMILES string of the molecule is CN1CCC(c2nc(N3CCN(C(=O)OC(C)(C)C)CC3)c3cc(Cl)c(Br)c(F)c3n2)CC1. The summed E-state index contributed by atoms with van der Waals surface area (Å²) in [7, 11) is 2.10. The maximum Gasteiger partial charge on any atom is 0.410 e. The maximum absolute atomic E-state index is 15.2. The van der Waals surface area contributed by atoms with Crippen molar-refractivity contribution in [1.29, 1.82) is 0 Å². The van der Waals surface area contributed by atoms with E-state index >= 15 is 4.39 Å². The average Bonchev–Trinajstić information content (AvgIpc) is 2.77. The molecule has 0 N–H and O–H groups in total. The molecule has 2 aromatic rings. The molecular formula is C23H30BrClFN5O2. The molecule has 3 heterocycles. The Morgan fingerprint density at radius 3 is 2.39 bits per heavy atom. The first-order valence-corrected chi connectivity index (χ1v) is 12.5.